The Balaban J connectivity index is 2.32. The Bertz CT molecular complexity index is 447. The molecule has 4 heteroatoms. The van der Waals surface area contributed by atoms with Crippen LogP contribution in [0, 0.1) is 6.92 Å². The van der Waals surface area contributed by atoms with Crippen LogP contribution in [0.2, 0.25) is 0 Å². The average Bonchev–Trinajstić information content (AvgIpc) is 2.66. The van der Waals surface area contributed by atoms with Crippen molar-refractivity contribution in [2.45, 2.75) is 13.8 Å². The molecule has 4 nitrogen and oxygen atoms in total. The first kappa shape index (κ1) is 9.71. The third kappa shape index (κ3) is 2.15. The molecule has 0 saturated carbocycles. The van der Waals surface area contributed by atoms with Crippen LogP contribution in [0.1, 0.15) is 12.7 Å². The van der Waals surface area contributed by atoms with Crippen LogP contribution in [0.3, 0.4) is 0 Å². The fourth-order valence-corrected chi connectivity index (χ4v) is 1.44. The van der Waals surface area contributed by atoms with E-state index in [2.05, 4.69) is 27.4 Å². The van der Waals surface area contributed by atoms with Crippen LogP contribution in [0.15, 0.2) is 24.3 Å². The number of aryl methyl sites for hydroxylation is 1. The SMILES string of the molecule is CCNc1cccc(-c2n[nH]c(C)n2)c1. The van der Waals surface area contributed by atoms with Crippen LogP contribution in [-0.2, 0) is 0 Å². The number of rotatable bonds is 3. The largest absolute Gasteiger partial charge is 0.385 e. The number of H-pyrrole nitrogens is 1. The van der Waals surface area contributed by atoms with E-state index in [1.165, 1.54) is 0 Å². The molecule has 1 aromatic heterocycles. The van der Waals surface area contributed by atoms with E-state index in [1.807, 2.05) is 31.2 Å². The van der Waals surface area contributed by atoms with Crippen molar-refractivity contribution in [3.8, 4) is 11.4 Å². The van der Waals surface area contributed by atoms with E-state index in [-0.39, 0.29) is 0 Å². The Morgan fingerprint density at radius 2 is 2.27 bits per heavy atom. The lowest BCUT2D eigenvalue weighted by Gasteiger charge is -2.03. The molecule has 0 aliphatic rings. The molecule has 0 unspecified atom stereocenters. The summed E-state index contributed by atoms with van der Waals surface area (Å²) in [6.45, 7) is 4.88. The molecule has 0 amide bonds. The molecule has 0 aliphatic heterocycles. The summed E-state index contributed by atoms with van der Waals surface area (Å²) in [5.41, 5.74) is 2.12. The fraction of sp³-hybridized carbons (Fsp3) is 0.273. The molecule has 78 valence electrons. The number of anilines is 1. The summed E-state index contributed by atoms with van der Waals surface area (Å²) in [7, 11) is 0. The van der Waals surface area contributed by atoms with Gasteiger partial charge >= 0.3 is 0 Å². The van der Waals surface area contributed by atoms with Crippen molar-refractivity contribution < 1.29 is 0 Å². The van der Waals surface area contributed by atoms with Crippen LogP contribution in [-0.4, -0.2) is 21.7 Å². The first-order chi connectivity index (χ1) is 7.29. The highest BCUT2D eigenvalue weighted by molar-refractivity contribution is 5.62. The fourth-order valence-electron chi connectivity index (χ4n) is 1.44. The third-order valence-electron chi connectivity index (χ3n) is 2.10. The molecule has 0 spiro atoms. The van der Waals surface area contributed by atoms with Crippen LogP contribution < -0.4 is 5.32 Å². The maximum Gasteiger partial charge on any atom is 0.181 e. The zero-order valence-electron chi connectivity index (χ0n) is 8.91. The molecule has 0 fully saturated rings. The minimum atomic E-state index is 0.743. The lowest BCUT2D eigenvalue weighted by molar-refractivity contribution is 1.04. The summed E-state index contributed by atoms with van der Waals surface area (Å²) in [5.74, 6) is 1.58. The molecule has 0 bridgehead atoms. The van der Waals surface area contributed by atoms with Gasteiger partial charge in [0, 0.05) is 17.8 Å². The van der Waals surface area contributed by atoms with Gasteiger partial charge in [-0.2, -0.15) is 5.10 Å². The number of nitrogens with zero attached hydrogens (tertiary/aromatic N) is 2. The van der Waals surface area contributed by atoms with E-state index in [0.717, 1.165) is 29.4 Å². The number of aromatic amines is 1. The molecular weight excluding hydrogens is 188 g/mol. The molecule has 1 aromatic carbocycles. The summed E-state index contributed by atoms with van der Waals surface area (Å²) in [6, 6.07) is 8.08. The van der Waals surface area contributed by atoms with Crippen molar-refractivity contribution in [2.24, 2.45) is 0 Å². The molecule has 0 radical (unpaired) electrons. The second-order valence-electron chi connectivity index (χ2n) is 3.36. The topological polar surface area (TPSA) is 53.6 Å². The van der Waals surface area contributed by atoms with E-state index in [4.69, 9.17) is 0 Å². The van der Waals surface area contributed by atoms with Gasteiger partial charge in [-0.3, -0.25) is 5.10 Å². The standard InChI is InChI=1S/C11H14N4/c1-3-12-10-6-4-5-9(7-10)11-13-8(2)14-15-11/h4-7,12H,3H2,1-2H3,(H,13,14,15). The van der Waals surface area contributed by atoms with Crippen molar-refractivity contribution in [3.05, 3.63) is 30.1 Å². The second kappa shape index (κ2) is 4.13. The monoisotopic (exact) mass is 202 g/mol. The van der Waals surface area contributed by atoms with Gasteiger partial charge in [-0.15, -0.1) is 0 Å². The molecule has 0 saturated heterocycles. The number of hydrogen-bond acceptors (Lipinski definition) is 3. The Morgan fingerprint density at radius 3 is 2.93 bits per heavy atom. The predicted molar refractivity (Wildman–Crippen MR) is 60.7 cm³/mol. The Labute approximate surface area is 88.8 Å². The highest BCUT2D eigenvalue weighted by Crippen LogP contribution is 2.18. The van der Waals surface area contributed by atoms with Crippen molar-refractivity contribution in [3.63, 3.8) is 0 Å². The molecule has 0 aliphatic carbocycles. The van der Waals surface area contributed by atoms with Gasteiger partial charge in [-0.25, -0.2) is 4.98 Å². The van der Waals surface area contributed by atoms with E-state index < -0.39 is 0 Å². The lowest BCUT2D eigenvalue weighted by atomic mass is 10.2. The summed E-state index contributed by atoms with van der Waals surface area (Å²) < 4.78 is 0. The molecule has 2 N–H and O–H groups in total. The lowest BCUT2D eigenvalue weighted by Crippen LogP contribution is -1.96. The smallest absolute Gasteiger partial charge is 0.181 e. The van der Waals surface area contributed by atoms with Gasteiger partial charge in [0.2, 0.25) is 0 Å². The summed E-state index contributed by atoms with van der Waals surface area (Å²) in [5, 5.41) is 10.2. The van der Waals surface area contributed by atoms with Crippen molar-refractivity contribution in [2.75, 3.05) is 11.9 Å². The van der Waals surface area contributed by atoms with Gasteiger partial charge in [-0.05, 0) is 26.0 Å². The Hall–Kier alpha value is -1.84. The van der Waals surface area contributed by atoms with Crippen LogP contribution in [0.25, 0.3) is 11.4 Å². The predicted octanol–water partition coefficient (Wildman–Crippen LogP) is 2.21. The van der Waals surface area contributed by atoms with Gasteiger partial charge in [0.25, 0.3) is 0 Å². The van der Waals surface area contributed by atoms with Gasteiger partial charge in [0.05, 0.1) is 0 Å². The second-order valence-corrected chi connectivity index (χ2v) is 3.36. The zero-order valence-corrected chi connectivity index (χ0v) is 8.91. The minimum absolute atomic E-state index is 0.743. The average molecular weight is 202 g/mol. The molecule has 2 rings (SSSR count). The number of benzene rings is 1. The summed E-state index contributed by atoms with van der Waals surface area (Å²) in [4.78, 5) is 4.29. The Morgan fingerprint density at radius 1 is 1.40 bits per heavy atom. The highest BCUT2D eigenvalue weighted by Gasteiger charge is 2.03. The minimum Gasteiger partial charge on any atom is -0.385 e. The maximum atomic E-state index is 4.29. The van der Waals surface area contributed by atoms with E-state index in [0.29, 0.717) is 0 Å². The zero-order chi connectivity index (χ0) is 10.7. The van der Waals surface area contributed by atoms with Gasteiger partial charge < -0.3 is 5.32 Å². The van der Waals surface area contributed by atoms with Gasteiger partial charge in [0.15, 0.2) is 5.82 Å². The maximum absolute atomic E-state index is 4.29. The summed E-state index contributed by atoms with van der Waals surface area (Å²) in [6.07, 6.45) is 0. The molecule has 2 aromatic rings. The van der Waals surface area contributed by atoms with Gasteiger partial charge in [0.1, 0.15) is 5.82 Å². The first-order valence-electron chi connectivity index (χ1n) is 5.03. The normalized spacial score (nSPS) is 10.3. The summed E-state index contributed by atoms with van der Waals surface area (Å²) >= 11 is 0. The van der Waals surface area contributed by atoms with E-state index in [9.17, 15) is 0 Å². The van der Waals surface area contributed by atoms with Crippen molar-refractivity contribution in [1.82, 2.24) is 15.2 Å². The highest BCUT2D eigenvalue weighted by atomic mass is 15.2. The molecular formula is C11H14N4. The Kier molecular flexibility index (Phi) is 2.67. The van der Waals surface area contributed by atoms with Crippen LogP contribution in [0.5, 0.6) is 0 Å². The number of hydrogen-bond donors (Lipinski definition) is 2. The van der Waals surface area contributed by atoms with Crippen molar-refractivity contribution >= 4 is 5.69 Å². The quantitative estimate of drug-likeness (QED) is 0.802. The van der Waals surface area contributed by atoms with E-state index >= 15 is 0 Å². The van der Waals surface area contributed by atoms with Crippen LogP contribution >= 0.6 is 0 Å². The number of aromatic nitrogens is 3. The van der Waals surface area contributed by atoms with Gasteiger partial charge in [-0.1, -0.05) is 12.1 Å². The molecule has 0 atom stereocenters. The first-order valence-corrected chi connectivity index (χ1v) is 5.03. The number of nitrogens with one attached hydrogen (secondary N) is 2. The molecule has 1 heterocycles. The van der Waals surface area contributed by atoms with Crippen LogP contribution in [0.4, 0.5) is 5.69 Å². The van der Waals surface area contributed by atoms with E-state index in [1.54, 1.807) is 0 Å². The molecule has 15 heavy (non-hydrogen) atoms. The third-order valence-corrected chi connectivity index (χ3v) is 2.10. The van der Waals surface area contributed by atoms with Crippen molar-refractivity contribution in [1.29, 1.82) is 0 Å².